The molecule has 1 unspecified atom stereocenters. The predicted octanol–water partition coefficient (Wildman–Crippen LogP) is 2.89. The van der Waals surface area contributed by atoms with Crippen molar-refractivity contribution in [3.8, 4) is 5.75 Å². The summed E-state index contributed by atoms with van der Waals surface area (Å²) >= 11 is 0. The first-order valence-corrected chi connectivity index (χ1v) is 6.99. The molecule has 108 valence electrons. The lowest BCUT2D eigenvalue weighted by Crippen LogP contribution is -2.12. The third-order valence-electron chi connectivity index (χ3n) is 3.37. The van der Waals surface area contributed by atoms with Gasteiger partial charge in [-0.15, -0.1) is 0 Å². The van der Waals surface area contributed by atoms with Crippen LogP contribution in [0.25, 0.3) is 0 Å². The summed E-state index contributed by atoms with van der Waals surface area (Å²) in [6.45, 7) is 4.92. The number of aliphatic hydroxyl groups is 1. The molecule has 4 nitrogen and oxygen atoms in total. The monoisotopic (exact) mass is 274 g/mol. The molecule has 0 aliphatic heterocycles. The van der Waals surface area contributed by atoms with E-state index in [1.807, 2.05) is 16.8 Å². The minimum atomic E-state index is -0.610. The third-order valence-corrected chi connectivity index (χ3v) is 3.37. The fourth-order valence-electron chi connectivity index (χ4n) is 2.31. The SMILES string of the molecule is CCCn1ncc(OC)c1C(O)Cc1ccc(C)cc1. The molecule has 0 amide bonds. The molecule has 1 heterocycles. The van der Waals surface area contributed by atoms with Gasteiger partial charge in [0.25, 0.3) is 0 Å². The van der Waals surface area contributed by atoms with Crippen LogP contribution in [0.2, 0.25) is 0 Å². The Morgan fingerprint density at radius 3 is 2.60 bits per heavy atom. The van der Waals surface area contributed by atoms with Crippen LogP contribution >= 0.6 is 0 Å². The predicted molar refractivity (Wildman–Crippen MR) is 78.9 cm³/mol. The lowest BCUT2D eigenvalue weighted by Gasteiger charge is -2.15. The van der Waals surface area contributed by atoms with E-state index in [1.54, 1.807) is 13.3 Å². The number of hydrogen-bond donors (Lipinski definition) is 1. The highest BCUT2D eigenvalue weighted by Crippen LogP contribution is 2.27. The minimum Gasteiger partial charge on any atom is -0.493 e. The van der Waals surface area contributed by atoms with Gasteiger partial charge in [0.05, 0.1) is 13.3 Å². The van der Waals surface area contributed by atoms with E-state index in [1.165, 1.54) is 5.56 Å². The highest BCUT2D eigenvalue weighted by molar-refractivity contribution is 5.30. The fraction of sp³-hybridized carbons (Fsp3) is 0.438. The molecule has 1 aromatic heterocycles. The highest BCUT2D eigenvalue weighted by atomic mass is 16.5. The molecule has 0 radical (unpaired) electrons. The lowest BCUT2D eigenvalue weighted by atomic mass is 10.0. The average molecular weight is 274 g/mol. The summed E-state index contributed by atoms with van der Waals surface area (Å²) in [7, 11) is 1.61. The van der Waals surface area contributed by atoms with E-state index in [4.69, 9.17) is 4.74 Å². The highest BCUT2D eigenvalue weighted by Gasteiger charge is 2.20. The fourth-order valence-corrected chi connectivity index (χ4v) is 2.31. The Labute approximate surface area is 120 Å². The molecule has 20 heavy (non-hydrogen) atoms. The number of methoxy groups -OCH3 is 1. The van der Waals surface area contributed by atoms with Crippen LogP contribution in [0.3, 0.4) is 0 Å². The largest absolute Gasteiger partial charge is 0.493 e. The summed E-state index contributed by atoms with van der Waals surface area (Å²) in [5.74, 6) is 0.651. The van der Waals surface area contributed by atoms with Gasteiger partial charge in [0.1, 0.15) is 11.8 Å². The van der Waals surface area contributed by atoms with Crippen LogP contribution in [0.1, 0.15) is 36.3 Å². The van der Waals surface area contributed by atoms with E-state index in [9.17, 15) is 5.11 Å². The van der Waals surface area contributed by atoms with Gasteiger partial charge in [-0.25, -0.2) is 0 Å². The van der Waals surface area contributed by atoms with E-state index < -0.39 is 6.10 Å². The maximum Gasteiger partial charge on any atom is 0.162 e. The zero-order valence-electron chi connectivity index (χ0n) is 12.3. The van der Waals surface area contributed by atoms with Gasteiger partial charge >= 0.3 is 0 Å². The normalized spacial score (nSPS) is 12.4. The summed E-state index contributed by atoms with van der Waals surface area (Å²) in [4.78, 5) is 0. The molecule has 0 bridgehead atoms. The number of hydrogen-bond acceptors (Lipinski definition) is 3. The van der Waals surface area contributed by atoms with Crippen LogP contribution in [0, 0.1) is 6.92 Å². The second kappa shape index (κ2) is 6.57. The van der Waals surface area contributed by atoms with Crippen LogP contribution in [0.5, 0.6) is 5.75 Å². The second-order valence-corrected chi connectivity index (χ2v) is 5.03. The van der Waals surface area contributed by atoms with Crippen molar-refractivity contribution in [3.63, 3.8) is 0 Å². The van der Waals surface area contributed by atoms with Crippen molar-refractivity contribution >= 4 is 0 Å². The van der Waals surface area contributed by atoms with Crippen molar-refractivity contribution < 1.29 is 9.84 Å². The molecule has 2 aromatic rings. The van der Waals surface area contributed by atoms with E-state index in [2.05, 4.69) is 31.1 Å². The van der Waals surface area contributed by atoms with Gasteiger partial charge in [0.2, 0.25) is 0 Å². The Kier molecular flexibility index (Phi) is 4.79. The summed E-state index contributed by atoms with van der Waals surface area (Å²) < 4.78 is 7.14. The van der Waals surface area contributed by atoms with Gasteiger partial charge in [-0.05, 0) is 18.9 Å². The van der Waals surface area contributed by atoms with Crippen LogP contribution in [-0.4, -0.2) is 22.0 Å². The Bertz CT molecular complexity index is 546. The molecule has 1 aromatic carbocycles. The number of benzene rings is 1. The number of ether oxygens (including phenoxy) is 1. The molecule has 0 fully saturated rings. The van der Waals surface area contributed by atoms with Crippen LogP contribution in [0.15, 0.2) is 30.5 Å². The molecule has 0 spiro atoms. The zero-order valence-corrected chi connectivity index (χ0v) is 12.3. The first kappa shape index (κ1) is 14.6. The van der Waals surface area contributed by atoms with Gasteiger partial charge in [-0.3, -0.25) is 4.68 Å². The van der Waals surface area contributed by atoms with E-state index >= 15 is 0 Å². The van der Waals surface area contributed by atoms with E-state index in [0.29, 0.717) is 12.2 Å². The van der Waals surface area contributed by atoms with Crippen molar-refractivity contribution in [2.75, 3.05) is 7.11 Å². The average Bonchev–Trinajstić information content (AvgIpc) is 2.85. The van der Waals surface area contributed by atoms with Crippen molar-refractivity contribution in [1.82, 2.24) is 9.78 Å². The first-order chi connectivity index (χ1) is 9.65. The maximum atomic E-state index is 10.5. The molecule has 4 heteroatoms. The third kappa shape index (κ3) is 3.20. The van der Waals surface area contributed by atoms with E-state index in [0.717, 1.165) is 24.2 Å². The molecule has 0 aliphatic rings. The molecule has 1 N–H and O–H groups in total. The summed E-state index contributed by atoms with van der Waals surface area (Å²) in [5.41, 5.74) is 3.08. The quantitative estimate of drug-likeness (QED) is 0.881. The van der Waals surface area contributed by atoms with Gasteiger partial charge in [-0.2, -0.15) is 5.10 Å². The minimum absolute atomic E-state index is 0.562. The second-order valence-electron chi connectivity index (χ2n) is 5.03. The van der Waals surface area contributed by atoms with Gasteiger partial charge in [0, 0.05) is 13.0 Å². The Morgan fingerprint density at radius 1 is 1.30 bits per heavy atom. The summed E-state index contributed by atoms with van der Waals surface area (Å²) in [6.07, 6.45) is 2.59. The van der Waals surface area contributed by atoms with E-state index in [-0.39, 0.29) is 0 Å². The number of aliphatic hydroxyl groups excluding tert-OH is 1. The topological polar surface area (TPSA) is 47.3 Å². The lowest BCUT2D eigenvalue weighted by molar-refractivity contribution is 0.162. The van der Waals surface area contributed by atoms with Crippen LogP contribution < -0.4 is 4.74 Å². The number of aryl methyl sites for hydroxylation is 2. The van der Waals surface area contributed by atoms with Gasteiger partial charge in [-0.1, -0.05) is 36.8 Å². The van der Waals surface area contributed by atoms with Crippen molar-refractivity contribution in [1.29, 1.82) is 0 Å². The van der Waals surface area contributed by atoms with Crippen LogP contribution in [-0.2, 0) is 13.0 Å². The molecule has 0 saturated heterocycles. The molecule has 1 atom stereocenters. The van der Waals surface area contributed by atoms with Gasteiger partial charge < -0.3 is 9.84 Å². The summed E-state index contributed by atoms with van der Waals surface area (Å²) in [5, 5.41) is 14.8. The Morgan fingerprint density at radius 2 is 2.00 bits per heavy atom. The molecule has 0 aliphatic carbocycles. The first-order valence-electron chi connectivity index (χ1n) is 6.99. The molecular formula is C16H22N2O2. The van der Waals surface area contributed by atoms with Crippen molar-refractivity contribution in [3.05, 3.63) is 47.3 Å². The molecule has 0 saturated carbocycles. The van der Waals surface area contributed by atoms with Crippen LogP contribution in [0.4, 0.5) is 0 Å². The number of aromatic nitrogens is 2. The molecule has 2 rings (SSSR count). The van der Waals surface area contributed by atoms with Crippen molar-refractivity contribution in [2.24, 2.45) is 0 Å². The standard InChI is InChI=1S/C16H22N2O2/c1-4-9-18-16(15(20-3)11-17-18)14(19)10-13-7-5-12(2)6-8-13/h5-8,11,14,19H,4,9-10H2,1-3H3. The number of nitrogens with zero attached hydrogens (tertiary/aromatic N) is 2. The zero-order chi connectivity index (χ0) is 14.5. The Balaban J connectivity index is 2.21. The van der Waals surface area contributed by atoms with Crippen molar-refractivity contribution in [2.45, 2.75) is 39.3 Å². The Hall–Kier alpha value is -1.81. The van der Waals surface area contributed by atoms with Gasteiger partial charge in [0.15, 0.2) is 5.75 Å². The smallest absolute Gasteiger partial charge is 0.162 e. The molecular weight excluding hydrogens is 252 g/mol. The maximum absolute atomic E-state index is 10.5. The summed E-state index contributed by atoms with van der Waals surface area (Å²) in [6, 6.07) is 8.21. The number of rotatable bonds is 6.